The van der Waals surface area contributed by atoms with Crippen molar-refractivity contribution in [2.45, 2.75) is 0 Å². The lowest BCUT2D eigenvalue weighted by Crippen LogP contribution is -2.12. The highest BCUT2D eigenvalue weighted by atomic mass is 16.5. The molecule has 1 amide bonds. The molecule has 2 aromatic heterocycles. The highest BCUT2D eigenvalue weighted by Crippen LogP contribution is 2.41. The molecular formula is C27H20N8O4. The Balaban J connectivity index is 1.61. The molecule has 2 heterocycles. The Morgan fingerprint density at radius 1 is 1.03 bits per heavy atom. The van der Waals surface area contributed by atoms with Crippen LogP contribution >= 0.6 is 0 Å². The fourth-order valence-electron chi connectivity index (χ4n) is 3.79. The molecule has 0 radical (unpaired) electrons. The average molecular weight is 521 g/mol. The molecule has 3 aromatic carbocycles. The van der Waals surface area contributed by atoms with Gasteiger partial charge in [-0.3, -0.25) is 4.79 Å². The molecule has 0 unspecified atom stereocenters. The van der Waals surface area contributed by atoms with Gasteiger partial charge in [0, 0.05) is 23.5 Å². The van der Waals surface area contributed by atoms with E-state index in [1.165, 1.54) is 36.4 Å². The maximum absolute atomic E-state index is 13.2. The van der Waals surface area contributed by atoms with Gasteiger partial charge in [-0.05, 0) is 60.0 Å². The molecule has 5 rings (SSSR count). The number of fused-ring (bicyclic) bond motifs is 1. The van der Waals surface area contributed by atoms with Crippen LogP contribution in [0.1, 0.15) is 15.9 Å². The number of anilines is 1. The first-order chi connectivity index (χ1) is 19.0. The van der Waals surface area contributed by atoms with Gasteiger partial charge in [0.15, 0.2) is 11.6 Å². The third-order valence-electron chi connectivity index (χ3n) is 5.74. The lowest BCUT2D eigenvalue weighted by Gasteiger charge is -2.12. The number of azo groups is 1. The van der Waals surface area contributed by atoms with Crippen LogP contribution in [-0.2, 0) is 0 Å². The third kappa shape index (κ3) is 4.92. The van der Waals surface area contributed by atoms with E-state index in [4.69, 9.17) is 9.47 Å². The molecule has 5 aromatic rings. The molecule has 192 valence electrons. The molecule has 0 spiro atoms. The van der Waals surface area contributed by atoms with E-state index < -0.39 is 11.7 Å². The van der Waals surface area contributed by atoms with Gasteiger partial charge in [0.1, 0.15) is 28.8 Å². The molecule has 39 heavy (non-hydrogen) atoms. The van der Waals surface area contributed by atoms with E-state index in [-0.39, 0.29) is 28.6 Å². The van der Waals surface area contributed by atoms with Gasteiger partial charge < -0.3 is 19.9 Å². The minimum atomic E-state index is -0.570. The summed E-state index contributed by atoms with van der Waals surface area (Å²) in [6.45, 7) is 0. The van der Waals surface area contributed by atoms with Crippen LogP contribution in [0.25, 0.3) is 16.7 Å². The number of aromatic hydroxyl groups is 1. The molecule has 0 bridgehead atoms. The van der Waals surface area contributed by atoms with Gasteiger partial charge in [-0.25, -0.2) is 9.97 Å². The second kappa shape index (κ2) is 10.7. The molecular weight excluding hydrogens is 500 g/mol. The summed E-state index contributed by atoms with van der Waals surface area (Å²) >= 11 is 0. The first kappa shape index (κ1) is 24.8. The number of nitriles is 1. The summed E-state index contributed by atoms with van der Waals surface area (Å²) in [5, 5.41) is 37.3. The van der Waals surface area contributed by atoms with Crippen molar-refractivity contribution in [1.82, 2.24) is 19.7 Å². The molecule has 2 N–H and O–H groups in total. The van der Waals surface area contributed by atoms with E-state index in [0.717, 1.165) is 0 Å². The highest BCUT2D eigenvalue weighted by molar-refractivity contribution is 6.11. The molecule has 0 aliphatic rings. The topological polar surface area (TPSA) is 160 Å². The lowest BCUT2D eigenvalue weighted by molar-refractivity contribution is 0.102. The van der Waals surface area contributed by atoms with Crippen LogP contribution in [0, 0.1) is 11.3 Å². The van der Waals surface area contributed by atoms with Crippen LogP contribution in [0.5, 0.6) is 17.2 Å². The number of phenols is 1. The minimum Gasteiger partial charge on any atom is -0.505 e. The number of hydrogen-bond donors (Lipinski definition) is 2. The van der Waals surface area contributed by atoms with Crippen molar-refractivity contribution in [3.05, 3.63) is 84.3 Å². The average Bonchev–Trinajstić information content (AvgIpc) is 3.39. The van der Waals surface area contributed by atoms with Crippen LogP contribution in [0.2, 0.25) is 0 Å². The normalized spacial score (nSPS) is 10.9. The number of amides is 1. The molecule has 0 atom stereocenters. The van der Waals surface area contributed by atoms with Gasteiger partial charge >= 0.3 is 0 Å². The van der Waals surface area contributed by atoms with Crippen LogP contribution in [0.4, 0.5) is 17.2 Å². The zero-order valence-corrected chi connectivity index (χ0v) is 20.7. The molecule has 0 aliphatic heterocycles. The molecule has 0 saturated carbocycles. The van der Waals surface area contributed by atoms with Crippen LogP contribution in [0.15, 0.2) is 83.4 Å². The maximum Gasteiger partial charge on any atom is 0.259 e. The largest absolute Gasteiger partial charge is 0.505 e. The van der Waals surface area contributed by atoms with Crippen LogP contribution in [-0.4, -0.2) is 45.0 Å². The van der Waals surface area contributed by atoms with Crippen LogP contribution in [0.3, 0.4) is 0 Å². The number of ether oxygens (including phenoxy) is 2. The van der Waals surface area contributed by atoms with Crippen molar-refractivity contribution in [3.8, 4) is 29.3 Å². The van der Waals surface area contributed by atoms with Crippen molar-refractivity contribution in [2.75, 3.05) is 19.5 Å². The van der Waals surface area contributed by atoms with E-state index in [0.29, 0.717) is 28.0 Å². The second-order valence-corrected chi connectivity index (χ2v) is 8.05. The molecule has 12 heteroatoms. The lowest BCUT2D eigenvalue weighted by atomic mass is 10.0. The SMILES string of the molecule is COc1ccc(NC(=O)c2cc3cc(OC)ccc3c(N=Nc3c(C#N)cnn3-c3ncccn3)c2O)cc1. The Labute approximate surface area is 221 Å². The Bertz CT molecular complexity index is 1740. The van der Waals surface area contributed by atoms with E-state index in [1.54, 1.807) is 55.6 Å². The maximum atomic E-state index is 13.2. The first-order valence-electron chi connectivity index (χ1n) is 11.5. The number of hydrogen-bond acceptors (Lipinski definition) is 10. The fourth-order valence-corrected chi connectivity index (χ4v) is 3.79. The predicted molar refractivity (Wildman–Crippen MR) is 141 cm³/mol. The van der Waals surface area contributed by atoms with Gasteiger partial charge in [-0.1, -0.05) is 0 Å². The summed E-state index contributed by atoms with van der Waals surface area (Å²) in [6.07, 6.45) is 4.36. The number of benzene rings is 3. The zero-order valence-electron chi connectivity index (χ0n) is 20.7. The highest BCUT2D eigenvalue weighted by Gasteiger charge is 2.20. The monoisotopic (exact) mass is 520 g/mol. The third-order valence-corrected chi connectivity index (χ3v) is 5.74. The Kier molecular flexibility index (Phi) is 6.79. The summed E-state index contributed by atoms with van der Waals surface area (Å²) in [5.74, 6) is 0.441. The molecule has 0 saturated heterocycles. The summed E-state index contributed by atoms with van der Waals surface area (Å²) in [7, 11) is 3.07. The van der Waals surface area contributed by atoms with Gasteiger partial charge in [-0.15, -0.1) is 10.2 Å². The minimum absolute atomic E-state index is 0.0145. The van der Waals surface area contributed by atoms with E-state index >= 15 is 0 Å². The second-order valence-electron chi connectivity index (χ2n) is 8.05. The zero-order chi connectivity index (χ0) is 27.4. The van der Waals surface area contributed by atoms with Crippen molar-refractivity contribution in [2.24, 2.45) is 10.2 Å². The van der Waals surface area contributed by atoms with Crippen molar-refractivity contribution < 1.29 is 19.4 Å². The number of rotatable bonds is 7. The number of aromatic nitrogens is 4. The number of phenolic OH excluding ortho intramolecular Hbond substituents is 1. The van der Waals surface area contributed by atoms with E-state index in [2.05, 4.69) is 30.6 Å². The predicted octanol–water partition coefficient (Wildman–Crippen LogP) is 5.08. The Hall–Kier alpha value is -5.83. The number of methoxy groups -OCH3 is 2. The summed E-state index contributed by atoms with van der Waals surface area (Å²) < 4.78 is 11.7. The summed E-state index contributed by atoms with van der Waals surface area (Å²) in [4.78, 5) is 21.5. The standard InChI is InChI=1S/C27H20N8O4/c1-38-19-6-4-18(5-7-19)32-26(37)22-13-16-12-20(39-2)8-9-21(16)23(24(22)36)33-34-25-17(14-28)15-31-35(25)27-29-10-3-11-30-27/h3-13,15,36H,1-2H3,(H,32,37). The van der Waals surface area contributed by atoms with Gasteiger partial charge in [0.2, 0.25) is 0 Å². The number of carbonyl (C=O) groups is 1. The van der Waals surface area contributed by atoms with E-state index in [1.807, 2.05) is 6.07 Å². The molecule has 12 nitrogen and oxygen atoms in total. The quantitative estimate of drug-likeness (QED) is 0.281. The number of nitrogens with zero attached hydrogens (tertiary/aromatic N) is 7. The molecule has 0 fully saturated rings. The summed E-state index contributed by atoms with van der Waals surface area (Å²) in [6, 6.07) is 17.0. The van der Waals surface area contributed by atoms with Gasteiger partial charge in [0.05, 0.1) is 26.0 Å². The van der Waals surface area contributed by atoms with Crippen LogP contribution < -0.4 is 14.8 Å². The first-order valence-corrected chi connectivity index (χ1v) is 11.5. The van der Waals surface area contributed by atoms with Gasteiger partial charge in [0.25, 0.3) is 11.9 Å². The van der Waals surface area contributed by atoms with Crippen molar-refractivity contribution in [1.29, 1.82) is 5.26 Å². The van der Waals surface area contributed by atoms with Crippen molar-refractivity contribution in [3.63, 3.8) is 0 Å². The van der Waals surface area contributed by atoms with Crippen molar-refractivity contribution >= 4 is 33.9 Å². The smallest absolute Gasteiger partial charge is 0.259 e. The molecule has 0 aliphatic carbocycles. The number of nitrogens with one attached hydrogen (secondary N) is 1. The van der Waals surface area contributed by atoms with E-state index in [9.17, 15) is 15.2 Å². The summed E-state index contributed by atoms with van der Waals surface area (Å²) in [5.41, 5.74) is 0.589. The van der Waals surface area contributed by atoms with Gasteiger partial charge in [-0.2, -0.15) is 15.0 Å². The Morgan fingerprint density at radius 3 is 2.44 bits per heavy atom. The fraction of sp³-hybridized carbons (Fsp3) is 0.0741. The Morgan fingerprint density at radius 2 is 1.74 bits per heavy atom. The number of carbonyl (C=O) groups excluding carboxylic acids is 1.